The highest BCUT2D eigenvalue weighted by molar-refractivity contribution is 5.96. The van der Waals surface area contributed by atoms with E-state index < -0.39 is 18.5 Å². The van der Waals surface area contributed by atoms with Gasteiger partial charge in [-0.15, -0.1) is 4.91 Å². The Kier molecular flexibility index (Phi) is 3.98. The Morgan fingerprint density at radius 3 is 2.35 bits per heavy atom. The third-order valence-electron chi connectivity index (χ3n) is 1.84. The van der Waals surface area contributed by atoms with Gasteiger partial charge in [0.15, 0.2) is 0 Å². The van der Waals surface area contributed by atoms with Crippen molar-refractivity contribution < 1.29 is 19.8 Å². The molecular weight excluding hydrogens is 230 g/mol. The number of carbonyl (C=O) groups is 2. The van der Waals surface area contributed by atoms with Gasteiger partial charge in [0, 0.05) is 5.69 Å². The van der Waals surface area contributed by atoms with Gasteiger partial charge < -0.3 is 10.2 Å². The van der Waals surface area contributed by atoms with E-state index in [9.17, 15) is 14.5 Å². The van der Waals surface area contributed by atoms with Gasteiger partial charge in [-0.2, -0.15) is 5.43 Å². The number of aromatic hydroxyl groups is 1. The van der Waals surface area contributed by atoms with Gasteiger partial charge >= 0.3 is 12.0 Å². The summed E-state index contributed by atoms with van der Waals surface area (Å²) in [5.41, 5.74) is 1.81. The van der Waals surface area contributed by atoms with Gasteiger partial charge in [-0.3, -0.25) is 9.69 Å². The van der Waals surface area contributed by atoms with Crippen LogP contribution in [0.2, 0.25) is 0 Å². The van der Waals surface area contributed by atoms with Crippen molar-refractivity contribution in [2.45, 2.75) is 0 Å². The third kappa shape index (κ3) is 3.45. The predicted molar refractivity (Wildman–Crippen MR) is 57.4 cm³/mol. The zero-order valence-electron chi connectivity index (χ0n) is 8.53. The summed E-state index contributed by atoms with van der Waals surface area (Å²) in [6, 6.07) is 4.27. The fourth-order valence-corrected chi connectivity index (χ4v) is 1.15. The monoisotopic (exact) mass is 239 g/mol. The van der Waals surface area contributed by atoms with Crippen molar-refractivity contribution in [2.24, 2.45) is 5.29 Å². The number of carboxylic acid groups (broad SMARTS) is 1. The zero-order valence-corrected chi connectivity index (χ0v) is 8.53. The number of anilines is 1. The van der Waals surface area contributed by atoms with Crippen molar-refractivity contribution in [1.82, 2.24) is 5.43 Å². The summed E-state index contributed by atoms with van der Waals surface area (Å²) < 4.78 is 0. The summed E-state index contributed by atoms with van der Waals surface area (Å²) in [5, 5.41) is 19.9. The Balaban J connectivity index is 2.96. The molecule has 0 aliphatic carbocycles. The van der Waals surface area contributed by atoms with Gasteiger partial charge in [0.1, 0.15) is 12.3 Å². The average molecular weight is 239 g/mol. The van der Waals surface area contributed by atoms with Crippen LogP contribution in [0.5, 0.6) is 5.75 Å². The predicted octanol–water partition coefficient (Wildman–Crippen LogP) is 0.674. The van der Waals surface area contributed by atoms with E-state index in [0.29, 0.717) is 0 Å². The Labute approximate surface area is 95.4 Å². The van der Waals surface area contributed by atoms with Crippen LogP contribution in [0.3, 0.4) is 0 Å². The molecule has 0 aliphatic heterocycles. The molecule has 8 heteroatoms. The second-order valence-electron chi connectivity index (χ2n) is 3.00. The average Bonchev–Trinajstić information content (AvgIpc) is 2.27. The molecule has 0 heterocycles. The molecule has 0 saturated heterocycles. The van der Waals surface area contributed by atoms with Crippen molar-refractivity contribution in [3.63, 3.8) is 0 Å². The number of phenolic OH excluding ortho intramolecular Hbond substituents is 1. The van der Waals surface area contributed by atoms with E-state index in [1.807, 2.05) is 0 Å². The normalized spacial score (nSPS) is 9.41. The van der Waals surface area contributed by atoms with Gasteiger partial charge in [-0.1, -0.05) is 0 Å². The number of urea groups is 1. The fraction of sp³-hybridized carbons (Fsp3) is 0.111. The topological polar surface area (TPSA) is 119 Å². The molecule has 8 nitrogen and oxygen atoms in total. The van der Waals surface area contributed by atoms with Crippen LogP contribution in [-0.4, -0.2) is 28.8 Å². The van der Waals surface area contributed by atoms with Crippen LogP contribution in [0.1, 0.15) is 0 Å². The van der Waals surface area contributed by atoms with Crippen LogP contribution in [0.15, 0.2) is 29.6 Å². The molecule has 0 radical (unpaired) electrons. The van der Waals surface area contributed by atoms with Crippen molar-refractivity contribution in [1.29, 1.82) is 0 Å². The molecule has 1 rings (SSSR count). The minimum absolute atomic E-state index is 0.0297. The number of rotatable bonds is 4. The van der Waals surface area contributed by atoms with Crippen LogP contribution in [0.4, 0.5) is 10.5 Å². The van der Waals surface area contributed by atoms with Gasteiger partial charge in [0.25, 0.3) is 0 Å². The van der Waals surface area contributed by atoms with Gasteiger partial charge in [0.05, 0.1) is 5.29 Å². The number of nitrogens with one attached hydrogen (secondary N) is 1. The lowest BCUT2D eigenvalue weighted by atomic mass is 10.3. The molecule has 0 fully saturated rings. The molecule has 1 aromatic carbocycles. The van der Waals surface area contributed by atoms with E-state index >= 15 is 0 Å². The third-order valence-corrected chi connectivity index (χ3v) is 1.84. The van der Waals surface area contributed by atoms with Gasteiger partial charge in [-0.05, 0) is 24.3 Å². The van der Waals surface area contributed by atoms with Crippen LogP contribution in [0, 0.1) is 4.91 Å². The Bertz CT molecular complexity index is 431. The van der Waals surface area contributed by atoms with Crippen LogP contribution in [0.25, 0.3) is 0 Å². The number of carbonyl (C=O) groups excluding carboxylic acids is 1. The summed E-state index contributed by atoms with van der Waals surface area (Å²) in [5.74, 6) is -1.28. The molecule has 90 valence electrons. The van der Waals surface area contributed by atoms with Crippen molar-refractivity contribution in [3.8, 4) is 5.75 Å². The quantitative estimate of drug-likeness (QED) is 0.527. The summed E-state index contributed by atoms with van der Waals surface area (Å²) in [7, 11) is 0. The summed E-state index contributed by atoms with van der Waals surface area (Å²) in [6.45, 7) is -0.633. The molecule has 1 aromatic rings. The maximum absolute atomic E-state index is 11.4. The maximum atomic E-state index is 11.4. The molecule has 0 atom stereocenters. The lowest BCUT2D eigenvalue weighted by Crippen LogP contribution is -2.40. The first-order valence-electron chi connectivity index (χ1n) is 4.45. The van der Waals surface area contributed by atoms with E-state index in [-0.39, 0.29) is 11.4 Å². The number of hydrogen-bond acceptors (Lipinski definition) is 5. The van der Waals surface area contributed by atoms with Crippen LogP contribution < -0.4 is 10.3 Å². The minimum atomic E-state index is -1.25. The van der Waals surface area contributed by atoms with Gasteiger partial charge in [0.2, 0.25) is 0 Å². The standard InChI is InChI=1S/C9H9N3O5/c13-7-3-1-6(2-4-7)12(5-8(14)15)9(16)10-11-17/h1-4,13H,5H2,(H,14,15)(H,10,16,17). The lowest BCUT2D eigenvalue weighted by molar-refractivity contribution is -0.135. The number of hydrogen-bond donors (Lipinski definition) is 3. The number of phenols is 1. The molecule has 0 spiro atoms. The molecular formula is C9H9N3O5. The summed E-state index contributed by atoms with van der Waals surface area (Å²) in [4.78, 5) is 32.6. The highest BCUT2D eigenvalue weighted by Gasteiger charge is 2.18. The molecule has 3 N–H and O–H groups in total. The van der Waals surface area contributed by atoms with E-state index in [2.05, 4.69) is 5.29 Å². The van der Waals surface area contributed by atoms with Crippen LogP contribution in [-0.2, 0) is 4.79 Å². The first-order valence-corrected chi connectivity index (χ1v) is 4.45. The Morgan fingerprint density at radius 1 is 1.29 bits per heavy atom. The van der Waals surface area contributed by atoms with Crippen LogP contribution >= 0.6 is 0 Å². The van der Waals surface area contributed by atoms with Gasteiger partial charge in [-0.25, -0.2) is 4.79 Å². The number of carboxylic acids is 1. The summed E-state index contributed by atoms with van der Waals surface area (Å²) in [6.07, 6.45) is 0. The van der Waals surface area contributed by atoms with E-state index in [0.717, 1.165) is 4.90 Å². The zero-order chi connectivity index (χ0) is 12.8. The molecule has 0 bridgehead atoms. The largest absolute Gasteiger partial charge is 0.508 e. The second-order valence-corrected chi connectivity index (χ2v) is 3.00. The molecule has 2 amide bonds. The second kappa shape index (κ2) is 5.45. The molecule has 17 heavy (non-hydrogen) atoms. The Morgan fingerprint density at radius 2 is 1.88 bits per heavy atom. The number of nitrogens with zero attached hydrogens (tertiary/aromatic N) is 2. The van der Waals surface area contributed by atoms with E-state index in [1.54, 1.807) is 5.43 Å². The van der Waals surface area contributed by atoms with Crippen molar-refractivity contribution in [2.75, 3.05) is 11.4 Å². The van der Waals surface area contributed by atoms with E-state index in [1.165, 1.54) is 24.3 Å². The number of amides is 2. The molecule has 0 saturated carbocycles. The number of aliphatic carboxylic acids is 1. The Hall–Kier alpha value is -2.64. The van der Waals surface area contributed by atoms with Crippen molar-refractivity contribution >= 4 is 17.7 Å². The van der Waals surface area contributed by atoms with E-state index in [4.69, 9.17) is 10.2 Å². The number of nitroso groups, excluding NO2 is 1. The lowest BCUT2D eigenvalue weighted by Gasteiger charge is -2.19. The SMILES string of the molecule is O=NNC(=O)N(CC(=O)O)c1ccc(O)cc1. The van der Waals surface area contributed by atoms with Crippen molar-refractivity contribution in [3.05, 3.63) is 29.2 Å². The molecule has 0 aromatic heterocycles. The molecule has 0 unspecified atom stereocenters. The summed E-state index contributed by atoms with van der Waals surface area (Å²) >= 11 is 0. The molecule has 0 aliphatic rings. The minimum Gasteiger partial charge on any atom is -0.508 e. The highest BCUT2D eigenvalue weighted by Crippen LogP contribution is 2.18. The fourth-order valence-electron chi connectivity index (χ4n) is 1.15. The first-order chi connectivity index (χ1) is 8.04. The number of benzene rings is 1. The first kappa shape index (κ1) is 12.4. The smallest absolute Gasteiger partial charge is 0.345 e. The highest BCUT2D eigenvalue weighted by atomic mass is 16.4. The maximum Gasteiger partial charge on any atom is 0.345 e.